The van der Waals surface area contributed by atoms with E-state index in [0.717, 1.165) is 56.0 Å². The average Bonchev–Trinajstić information content (AvgIpc) is 2.76. The van der Waals surface area contributed by atoms with Gasteiger partial charge in [0, 0.05) is 50.5 Å². The van der Waals surface area contributed by atoms with E-state index in [1.807, 2.05) is 18.3 Å². The fraction of sp³-hybridized carbons (Fsp3) is 0.333. The smallest absolute Gasteiger partial charge is 0.227 e. The Bertz CT molecular complexity index is 921. The van der Waals surface area contributed by atoms with Crippen LogP contribution in [0.25, 0.3) is 0 Å². The minimum atomic E-state index is 0.755. The summed E-state index contributed by atoms with van der Waals surface area (Å²) in [7, 11) is 0. The molecule has 144 valence electrons. The highest BCUT2D eigenvalue weighted by Gasteiger charge is 2.20. The SMILES string of the molecule is CCc1cccc(C)c1Nc1ccnc(N2CCN(c3ncccn3)CC2)n1. The average molecular weight is 375 g/mol. The van der Waals surface area contributed by atoms with Gasteiger partial charge in [-0.25, -0.2) is 15.0 Å². The standard InChI is InChI=1S/C21H25N7/c1-3-17-7-4-6-16(2)19(17)25-18-8-11-24-21(26-18)28-14-12-27(13-15-28)20-22-9-5-10-23-20/h4-11H,3,12-15H2,1-2H3,(H,24,25,26). The quantitative estimate of drug-likeness (QED) is 0.734. The summed E-state index contributed by atoms with van der Waals surface area (Å²) in [5.41, 5.74) is 3.65. The van der Waals surface area contributed by atoms with Crippen molar-refractivity contribution in [1.29, 1.82) is 0 Å². The predicted molar refractivity (Wildman–Crippen MR) is 112 cm³/mol. The lowest BCUT2D eigenvalue weighted by Crippen LogP contribution is -2.47. The minimum absolute atomic E-state index is 0.755. The molecule has 0 amide bonds. The predicted octanol–water partition coefficient (Wildman–Crippen LogP) is 3.21. The molecule has 4 rings (SSSR count). The summed E-state index contributed by atoms with van der Waals surface area (Å²) in [6, 6.07) is 10.1. The van der Waals surface area contributed by atoms with Crippen LogP contribution >= 0.6 is 0 Å². The van der Waals surface area contributed by atoms with Crippen LogP contribution in [0.5, 0.6) is 0 Å². The maximum Gasteiger partial charge on any atom is 0.227 e. The summed E-state index contributed by atoms with van der Waals surface area (Å²) in [5.74, 6) is 2.36. The first kappa shape index (κ1) is 18.2. The van der Waals surface area contributed by atoms with Crippen LogP contribution in [0.2, 0.25) is 0 Å². The van der Waals surface area contributed by atoms with E-state index in [2.05, 4.69) is 62.1 Å². The molecule has 7 nitrogen and oxygen atoms in total. The van der Waals surface area contributed by atoms with E-state index in [-0.39, 0.29) is 0 Å². The van der Waals surface area contributed by atoms with Crippen LogP contribution in [-0.4, -0.2) is 46.1 Å². The Hall–Kier alpha value is -3.22. The van der Waals surface area contributed by atoms with E-state index in [1.165, 1.54) is 11.1 Å². The van der Waals surface area contributed by atoms with Gasteiger partial charge in [-0.15, -0.1) is 0 Å². The topological polar surface area (TPSA) is 70.1 Å². The molecule has 0 saturated carbocycles. The second kappa shape index (κ2) is 8.21. The lowest BCUT2D eigenvalue weighted by atomic mass is 10.1. The molecule has 0 unspecified atom stereocenters. The minimum Gasteiger partial charge on any atom is -0.340 e. The highest BCUT2D eigenvalue weighted by Crippen LogP contribution is 2.25. The Balaban J connectivity index is 1.46. The molecular weight excluding hydrogens is 350 g/mol. The van der Waals surface area contributed by atoms with Gasteiger partial charge in [-0.3, -0.25) is 0 Å². The molecule has 28 heavy (non-hydrogen) atoms. The van der Waals surface area contributed by atoms with E-state index in [4.69, 9.17) is 4.98 Å². The van der Waals surface area contributed by atoms with E-state index < -0.39 is 0 Å². The third-order valence-electron chi connectivity index (χ3n) is 5.03. The third-order valence-corrected chi connectivity index (χ3v) is 5.03. The van der Waals surface area contributed by atoms with Crippen molar-refractivity contribution < 1.29 is 0 Å². The van der Waals surface area contributed by atoms with Crippen molar-refractivity contribution in [2.75, 3.05) is 41.3 Å². The van der Waals surface area contributed by atoms with Crippen molar-refractivity contribution in [3.63, 3.8) is 0 Å². The molecule has 0 bridgehead atoms. The number of hydrogen-bond acceptors (Lipinski definition) is 7. The second-order valence-electron chi connectivity index (χ2n) is 6.85. The van der Waals surface area contributed by atoms with Crippen molar-refractivity contribution in [3.8, 4) is 0 Å². The number of nitrogens with zero attached hydrogens (tertiary/aromatic N) is 6. The lowest BCUT2D eigenvalue weighted by Gasteiger charge is -2.34. The number of aryl methyl sites for hydroxylation is 2. The van der Waals surface area contributed by atoms with Gasteiger partial charge in [0.2, 0.25) is 11.9 Å². The highest BCUT2D eigenvalue weighted by atomic mass is 15.4. The third kappa shape index (κ3) is 3.88. The van der Waals surface area contributed by atoms with Crippen LogP contribution < -0.4 is 15.1 Å². The van der Waals surface area contributed by atoms with Gasteiger partial charge in [0.25, 0.3) is 0 Å². The summed E-state index contributed by atoms with van der Waals surface area (Å²) in [6.07, 6.45) is 6.36. The van der Waals surface area contributed by atoms with Gasteiger partial charge in [-0.05, 0) is 36.6 Å². The first-order valence-electron chi connectivity index (χ1n) is 9.70. The van der Waals surface area contributed by atoms with Gasteiger partial charge in [0.1, 0.15) is 5.82 Å². The first-order chi connectivity index (χ1) is 13.7. The summed E-state index contributed by atoms with van der Waals surface area (Å²) in [6.45, 7) is 7.67. The monoisotopic (exact) mass is 375 g/mol. The zero-order chi connectivity index (χ0) is 19.3. The van der Waals surface area contributed by atoms with Crippen molar-refractivity contribution in [3.05, 3.63) is 60.0 Å². The molecule has 0 atom stereocenters. The van der Waals surface area contributed by atoms with Gasteiger partial charge >= 0.3 is 0 Å². The molecule has 1 aromatic carbocycles. The molecule has 7 heteroatoms. The van der Waals surface area contributed by atoms with Gasteiger partial charge in [-0.2, -0.15) is 4.98 Å². The Morgan fingerprint density at radius 1 is 0.857 bits per heavy atom. The number of benzene rings is 1. The summed E-state index contributed by atoms with van der Waals surface area (Å²) in [5, 5.41) is 3.50. The van der Waals surface area contributed by atoms with Gasteiger partial charge < -0.3 is 15.1 Å². The molecule has 0 aliphatic carbocycles. The number of rotatable bonds is 5. The summed E-state index contributed by atoms with van der Waals surface area (Å²) >= 11 is 0. The molecule has 3 aromatic rings. The Kier molecular flexibility index (Phi) is 5.32. The Morgan fingerprint density at radius 2 is 1.54 bits per heavy atom. The molecule has 2 aromatic heterocycles. The lowest BCUT2D eigenvalue weighted by molar-refractivity contribution is 0.628. The largest absolute Gasteiger partial charge is 0.340 e. The Labute approximate surface area is 165 Å². The number of para-hydroxylation sites is 1. The molecule has 1 aliphatic heterocycles. The number of anilines is 4. The van der Waals surface area contributed by atoms with Crippen molar-refractivity contribution in [1.82, 2.24) is 19.9 Å². The number of piperazine rings is 1. The number of aromatic nitrogens is 4. The normalized spacial score (nSPS) is 14.2. The van der Waals surface area contributed by atoms with E-state index in [0.29, 0.717) is 0 Å². The summed E-state index contributed by atoms with van der Waals surface area (Å²) < 4.78 is 0. The fourth-order valence-corrected chi connectivity index (χ4v) is 3.46. The maximum absolute atomic E-state index is 4.76. The van der Waals surface area contributed by atoms with Crippen LogP contribution in [0.15, 0.2) is 48.9 Å². The molecule has 1 N–H and O–H groups in total. The van der Waals surface area contributed by atoms with Crippen LogP contribution in [-0.2, 0) is 6.42 Å². The molecule has 3 heterocycles. The fourth-order valence-electron chi connectivity index (χ4n) is 3.46. The van der Waals surface area contributed by atoms with Crippen LogP contribution in [0.1, 0.15) is 18.1 Å². The molecule has 1 fully saturated rings. The Morgan fingerprint density at radius 3 is 2.25 bits per heavy atom. The molecular formula is C21H25N7. The highest BCUT2D eigenvalue weighted by molar-refractivity contribution is 5.65. The van der Waals surface area contributed by atoms with Gasteiger partial charge in [0.15, 0.2) is 0 Å². The zero-order valence-corrected chi connectivity index (χ0v) is 16.3. The van der Waals surface area contributed by atoms with E-state index in [9.17, 15) is 0 Å². The van der Waals surface area contributed by atoms with E-state index in [1.54, 1.807) is 12.4 Å². The van der Waals surface area contributed by atoms with Gasteiger partial charge in [-0.1, -0.05) is 25.1 Å². The molecule has 1 aliphatic rings. The number of nitrogens with one attached hydrogen (secondary N) is 1. The second-order valence-corrected chi connectivity index (χ2v) is 6.85. The van der Waals surface area contributed by atoms with Crippen LogP contribution in [0.3, 0.4) is 0 Å². The van der Waals surface area contributed by atoms with Crippen molar-refractivity contribution >= 4 is 23.4 Å². The number of hydrogen-bond donors (Lipinski definition) is 1. The van der Waals surface area contributed by atoms with Crippen LogP contribution in [0.4, 0.5) is 23.4 Å². The van der Waals surface area contributed by atoms with Gasteiger partial charge in [0.05, 0.1) is 0 Å². The van der Waals surface area contributed by atoms with Crippen molar-refractivity contribution in [2.24, 2.45) is 0 Å². The maximum atomic E-state index is 4.76. The molecule has 0 spiro atoms. The molecule has 1 saturated heterocycles. The zero-order valence-electron chi connectivity index (χ0n) is 16.3. The van der Waals surface area contributed by atoms with Crippen molar-refractivity contribution in [2.45, 2.75) is 20.3 Å². The van der Waals surface area contributed by atoms with E-state index >= 15 is 0 Å². The summed E-state index contributed by atoms with van der Waals surface area (Å²) in [4.78, 5) is 22.3. The first-order valence-corrected chi connectivity index (χ1v) is 9.70. The van der Waals surface area contributed by atoms with Crippen LogP contribution in [0, 0.1) is 6.92 Å². The molecule has 0 radical (unpaired) electrons.